The van der Waals surface area contributed by atoms with Crippen LogP contribution in [0.15, 0.2) is 46.6 Å². The number of carbonyl (C=O) groups excluding carboxylic acids is 2. The molecule has 10 nitrogen and oxygen atoms in total. The van der Waals surface area contributed by atoms with Gasteiger partial charge in [-0.1, -0.05) is 23.7 Å². The van der Waals surface area contributed by atoms with Crippen LogP contribution in [-0.4, -0.2) is 36.9 Å². The van der Waals surface area contributed by atoms with E-state index >= 15 is 0 Å². The molecule has 0 aromatic heterocycles. The Labute approximate surface area is 170 Å². The van der Waals surface area contributed by atoms with E-state index in [-0.39, 0.29) is 27.8 Å². The number of halogens is 1. The van der Waals surface area contributed by atoms with Crippen LogP contribution >= 0.6 is 11.6 Å². The maximum atomic E-state index is 12.6. The maximum absolute atomic E-state index is 12.6. The van der Waals surface area contributed by atoms with Crippen molar-refractivity contribution in [3.63, 3.8) is 0 Å². The minimum absolute atomic E-state index is 0.0886. The quantitative estimate of drug-likeness (QED) is 0.297. The summed E-state index contributed by atoms with van der Waals surface area (Å²) in [7, 11) is 2.78. The molecule has 1 N–H and O–H groups in total. The van der Waals surface area contributed by atoms with Gasteiger partial charge in [0.25, 0.3) is 11.6 Å². The molecule has 1 atom stereocenters. The van der Waals surface area contributed by atoms with Gasteiger partial charge < -0.3 is 14.8 Å². The number of ether oxygens (including phenoxy) is 2. The van der Waals surface area contributed by atoms with Gasteiger partial charge in [-0.15, -0.1) is 5.11 Å². The average Bonchev–Trinajstić information content (AvgIpc) is 2.69. The normalized spacial score (nSPS) is 11.7. The number of nitrogens with zero attached hydrogens (tertiary/aromatic N) is 3. The summed E-state index contributed by atoms with van der Waals surface area (Å²) in [5.41, 5.74) is -0.310. The zero-order chi connectivity index (χ0) is 21.6. The highest BCUT2D eigenvalue weighted by Gasteiger charge is 2.26. The third-order valence-electron chi connectivity index (χ3n) is 3.74. The fraction of sp³-hybridized carbons (Fsp3) is 0.222. The number of anilines is 1. The van der Waals surface area contributed by atoms with Crippen LogP contribution in [0, 0.1) is 10.1 Å². The molecular weight excluding hydrogens is 404 g/mol. The summed E-state index contributed by atoms with van der Waals surface area (Å²) in [6, 6.07) is 7.04. The van der Waals surface area contributed by atoms with Crippen LogP contribution in [0.1, 0.15) is 6.92 Å². The number of methoxy groups -OCH3 is 2. The van der Waals surface area contributed by atoms with Crippen LogP contribution < -0.4 is 14.8 Å². The second-order valence-electron chi connectivity index (χ2n) is 5.62. The first-order valence-electron chi connectivity index (χ1n) is 8.16. The molecule has 2 aromatic carbocycles. The predicted molar refractivity (Wildman–Crippen MR) is 105 cm³/mol. The van der Waals surface area contributed by atoms with Crippen LogP contribution in [0.3, 0.4) is 0 Å². The van der Waals surface area contributed by atoms with Crippen molar-refractivity contribution < 1.29 is 24.0 Å². The Bertz CT molecular complexity index is 979. The highest BCUT2D eigenvalue weighted by Crippen LogP contribution is 2.40. The number of hydrogen-bond acceptors (Lipinski definition) is 8. The number of hydrogen-bond donors (Lipinski definition) is 1. The Kier molecular flexibility index (Phi) is 7.21. The van der Waals surface area contributed by atoms with Gasteiger partial charge in [0.2, 0.25) is 6.04 Å². The number of para-hydroxylation sites is 1. The second-order valence-corrected chi connectivity index (χ2v) is 6.03. The molecule has 1 unspecified atom stereocenters. The average molecular weight is 421 g/mol. The Hall–Kier alpha value is -3.53. The summed E-state index contributed by atoms with van der Waals surface area (Å²) >= 11 is 6.13. The largest absolute Gasteiger partial charge is 0.493 e. The molecule has 11 heteroatoms. The molecular formula is C18H17ClN4O6. The number of ketones is 1. The maximum Gasteiger partial charge on any atom is 0.296 e. The van der Waals surface area contributed by atoms with E-state index < -0.39 is 22.7 Å². The van der Waals surface area contributed by atoms with Crippen molar-refractivity contribution in [3.05, 3.63) is 51.5 Å². The van der Waals surface area contributed by atoms with Crippen molar-refractivity contribution in [2.45, 2.75) is 13.0 Å². The summed E-state index contributed by atoms with van der Waals surface area (Å²) in [6.45, 7) is 1.15. The standard InChI is InChI=1S/C18H17ClN4O6/c1-10(24)15(22-21-12-6-4-5-7-13(12)23(26)27)18(25)20-16-11(19)8-9-14(28-2)17(16)29-3/h4-9,15H,1-3H3,(H,20,25). The zero-order valence-electron chi connectivity index (χ0n) is 15.7. The Morgan fingerprint density at radius 1 is 1.17 bits per heavy atom. The van der Waals surface area contributed by atoms with Gasteiger partial charge in [-0.3, -0.25) is 19.7 Å². The van der Waals surface area contributed by atoms with Gasteiger partial charge in [0.05, 0.1) is 24.2 Å². The highest BCUT2D eigenvalue weighted by atomic mass is 35.5. The number of Topliss-reactive ketones (excluding diaryl/α,β-unsaturated/α-hetero) is 1. The fourth-order valence-corrected chi connectivity index (χ4v) is 2.55. The molecule has 0 radical (unpaired) electrons. The van der Waals surface area contributed by atoms with Crippen LogP contribution in [0.5, 0.6) is 11.5 Å². The molecule has 0 saturated heterocycles. The number of azo groups is 1. The molecule has 0 fully saturated rings. The number of benzene rings is 2. The van der Waals surface area contributed by atoms with Crippen LogP contribution in [-0.2, 0) is 9.59 Å². The first kappa shape index (κ1) is 21.8. The molecule has 2 aromatic rings. The molecule has 152 valence electrons. The van der Waals surface area contributed by atoms with E-state index in [0.29, 0.717) is 5.75 Å². The number of nitrogens with one attached hydrogen (secondary N) is 1. The summed E-state index contributed by atoms with van der Waals surface area (Å²) < 4.78 is 10.4. The molecule has 0 aliphatic carbocycles. The van der Waals surface area contributed by atoms with E-state index in [1.807, 2.05) is 0 Å². The SMILES string of the molecule is COc1ccc(Cl)c(NC(=O)C(N=Nc2ccccc2[N+](=O)[O-])C(C)=O)c1OC. The third kappa shape index (κ3) is 5.05. The van der Waals surface area contributed by atoms with Crippen molar-refractivity contribution in [2.75, 3.05) is 19.5 Å². The van der Waals surface area contributed by atoms with Gasteiger partial charge in [0.1, 0.15) is 5.69 Å². The molecule has 0 bridgehead atoms. The van der Waals surface area contributed by atoms with E-state index in [4.69, 9.17) is 21.1 Å². The number of carbonyl (C=O) groups is 2. The monoisotopic (exact) mass is 420 g/mol. The first-order chi connectivity index (χ1) is 13.8. The molecule has 0 aliphatic heterocycles. The number of rotatable bonds is 8. The van der Waals surface area contributed by atoms with Gasteiger partial charge in [-0.05, 0) is 25.1 Å². The van der Waals surface area contributed by atoms with Crippen LogP contribution in [0.4, 0.5) is 17.1 Å². The molecule has 0 spiro atoms. The van der Waals surface area contributed by atoms with E-state index in [2.05, 4.69) is 15.5 Å². The van der Waals surface area contributed by atoms with Gasteiger partial charge >= 0.3 is 0 Å². The van der Waals surface area contributed by atoms with Crippen molar-refractivity contribution >= 4 is 40.4 Å². The van der Waals surface area contributed by atoms with E-state index in [1.165, 1.54) is 44.6 Å². The number of nitro groups is 1. The minimum atomic E-state index is -1.55. The number of nitro benzene ring substituents is 1. The van der Waals surface area contributed by atoms with Crippen molar-refractivity contribution in [2.24, 2.45) is 10.2 Å². The lowest BCUT2D eigenvalue weighted by molar-refractivity contribution is -0.384. The molecule has 2 rings (SSSR count). The van der Waals surface area contributed by atoms with E-state index in [0.717, 1.165) is 6.92 Å². The smallest absolute Gasteiger partial charge is 0.296 e. The second kappa shape index (κ2) is 9.60. The Morgan fingerprint density at radius 2 is 1.86 bits per heavy atom. The molecule has 0 heterocycles. The van der Waals surface area contributed by atoms with Crippen LogP contribution in [0.25, 0.3) is 0 Å². The van der Waals surface area contributed by atoms with Crippen molar-refractivity contribution in [1.29, 1.82) is 0 Å². The fourth-order valence-electron chi connectivity index (χ4n) is 2.35. The van der Waals surface area contributed by atoms with E-state index in [1.54, 1.807) is 6.07 Å². The van der Waals surface area contributed by atoms with Gasteiger partial charge in [0.15, 0.2) is 23.0 Å². The highest BCUT2D eigenvalue weighted by molar-refractivity contribution is 6.34. The molecule has 0 aliphatic rings. The van der Waals surface area contributed by atoms with Gasteiger partial charge in [-0.25, -0.2) is 0 Å². The first-order valence-corrected chi connectivity index (χ1v) is 8.54. The third-order valence-corrected chi connectivity index (χ3v) is 4.05. The topological polar surface area (TPSA) is 132 Å². The summed E-state index contributed by atoms with van der Waals surface area (Å²) in [4.78, 5) is 35.0. The summed E-state index contributed by atoms with van der Waals surface area (Å²) in [6.07, 6.45) is 0. The van der Waals surface area contributed by atoms with Gasteiger partial charge in [0, 0.05) is 6.07 Å². The summed E-state index contributed by atoms with van der Waals surface area (Å²) in [5.74, 6) is -0.990. The Balaban J connectivity index is 2.35. The molecule has 1 amide bonds. The lowest BCUT2D eigenvalue weighted by atomic mass is 10.2. The van der Waals surface area contributed by atoms with Crippen LogP contribution in [0.2, 0.25) is 5.02 Å². The van der Waals surface area contributed by atoms with E-state index in [9.17, 15) is 19.7 Å². The summed E-state index contributed by atoms with van der Waals surface area (Å²) in [5, 5.41) is 21.1. The molecule has 0 saturated carbocycles. The minimum Gasteiger partial charge on any atom is -0.493 e. The van der Waals surface area contributed by atoms with Crippen molar-refractivity contribution in [1.82, 2.24) is 0 Å². The van der Waals surface area contributed by atoms with Crippen molar-refractivity contribution in [3.8, 4) is 11.5 Å². The lowest BCUT2D eigenvalue weighted by Gasteiger charge is -2.16. The Morgan fingerprint density at radius 3 is 2.45 bits per heavy atom. The van der Waals surface area contributed by atoms with Gasteiger partial charge in [-0.2, -0.15) is 5.11 Å². The predicted octanol–water partition coefficient (Wildman–Crippen LogP) is 3.95. The number of amides is 1. The lowest BCUT2D eigenvalue weighted by Crippen LogP contribution is -2.32. The molecule has 29 heavy (non-hydrogen) atoms. The zero-order valence-corrected chi connectivity index (χ0v) is 16.5.